The van der Waals surface area contributed by atoms with E-state index in [4.69, 9.17) is 9.47 Å². The molecule has 1 atom stereocenters. The molecule has 2 fully saturated rings. The Labute approximate surface area is 154 Å². The van der Waals surface area contributed by atoms with Crippen LogP contribution in [-0.2, 0) is 31.7 Å². The van der Waals surface area contributed by atoms with Crippen molar-refractivity contribution >= 4 is 17.6 Å². The van der Waals surface area contributed by atoms with E-state index in [9.17, 15) is 22.8 Å². The first-order valence-electron chi connectivity index (χ1n) is 8.98. The standard InChI is InChI=1S/C19H20F3NO4/c1-17(2)26-15(24)18(16(25)27-17)10-11-9-12(19(20,21)22)6-7-13(11)23-8-4-3-5-14(18)23/h6-7,9,14H,3-5,8,10H2,1-2H3. The van der Waals surface area contributed by atoms with Crippen molar-refractivity contribution in [1.82, 2.24) is 0 Å². The lowest BCUT2D eigenvalue weighted by Gasteiger charge is -2.53. The van der Waals surface area contributed by atoms with E-state index < -0.39 is 40.9 Å². The first kappa shape index (κ1) is 18.1. The summed E-state index contributed by atoms with van der Waals surface area (Å²) in [7, 11) is 0. The van der Waals surface area contributed by atoms with Crippen LogP contribution in [0.25, 0.3) is 0 Å². The highest BCUT2D eigenvalue weighted by atomic mass is 19.4. The molecular formula is C19H20F3NO4. The van der Waals surface area contributed by atoms with Gasteiger partial charge in [-0.15, -0.1) is 0 Å². The van der Waals surface area contributed by atoms with Gasteiger partial charge in [0.1, 0.15) is 0 Å². The van der Waals surface area contributed by atoms with Gasteiger partial charge >= 0.3 is 18.1 Å². The minimum absolute atomic E-state index is 0.152. The van der Waals surface area contributed by atoms with E-state index in [1.165, 1.54) is 19.9 Å². The molecule has 1 spiro atoms. The fraction of sp³-hybridized carbons (Fsp3) is 0.579. The SMILES string of the molecule is CC1(C)OC(=O)C2(Cc3cc(C(F)(F)F)ccc3N3CCCCC32)C(=O)O1. The van der Waals surface area contributed by atoms with Gasteiger partial charge < -0.3 is 14.4 Å². The molecule has 2 saturated heterocycles. The quantitative estimate of drug-likeness (QED) is 0.507. The van der Waals surface area contributed by atoms with Gasteiger partial charge in [0.2, 0.25) is 0 Å². The Kier molecular flexibility index (Phi) is 3.78. The van der Waals surface area contributed by atoms with Crippen LogP contribution < -0.4 is 4.90 Å². The Hall–Kier alpha value is -2.25. The van der Waals surface area contributed by atoms with Gasteiger partial charge in [0.05, 0.1) is 11.6 Å². The zero-order chi connectivity index (χ0) is 19.6. The predicted molar refractivity (Wildman–Crippen MR) is 88.8 cm³/mol. The second-order valence-electron chi connectivity index (χ2n) is 7.87. The van der Waals surface area contributed by atoms with Gasteiger partial charge in [-0.1, -0.05) is 0 Å². The molecule has 5 nitrogen and oxygen atoms in total. The molecule has 27 heavy (non-hydrogen) atoms. The van der Waals surface area contributed by atoms with Crippen molar-refractivity contribution in [2.24, 2.45) is 5.41 Å². The molecule has 0 amide bonds. The monoisotopic (exact) mass is 383 g/mol. The number of piperidine rings is 1. The van der Waals surface area contributed by atoms with E-state index in [0.717, 1.165) is 25.0 Å². The maximum atomic E-state index is 13.2. The molecule has 146 valence electrons. The number of cyclic esters (lactones) is 2. The van der Waals surface area contributed by atoms with Gasteiger partial charge in [-0.3, -0.25) is 9.59 Å². The third-order valence-electron chi connectivity index (χ3n) is 5.66. The zero-order valence-electron chi connectivity index (χ0n) is 15.1. The predicted octanol–water partition coefficient (Wildman–Crippen LogP) is 3.44. The number of fused-ring (bicyclic) bond motifs is 4. The van der Waals surface area contributed by atoms with Crippen molar-refractivity contribution in [3.63, 3.8) is 0 Å². The van der Waals surface area contributed by atoms with Crippen molar-refractivity contribution in [3.8, 4) is 0 Å². The number of hydrogen-bond donors (Lipinski definition) is 0. The molecule has 0 aliphatic carbocycles. The summed E-state index contributed by atoms with van der Waals surface area (Å²) in [6.07, 6.45) is -2.42. The molecule has 0 saturated carbocycles. The van der Waals surface area contributed by atoms with E-state index in [2.05, 4.69) is 0 Å². The number of hydrogen-bond acceptors (Lipinski definition) is 5. The summed E-state index contributed by atoms with van der Waals surface area (Å²) in [4.78, 5) is 27.8. The number of carbonyl (C=O) groups excluding carboxylic acids is 2. The summed E-state index contributed by atoms with van der Waals surface area (Å²) in [6.45, 7) is 3.49. The van der Waals surface area contributed by atoms with Gasteiger partial charge in [-0.2, -0.15) is 13.2 Å². The van der Waals surface area contributed by atoms with Crippen LogP contribution >= 0.6 is 0 Å². The molecule has 3 aliphatic heterocycles. The Bertz CT molecular complexity index is 798. The van der Waals surface area contributed by atoms with Crippen LogP contribution in [0.2, 0.25) is 0 Å². The molecule has 4 rings (SSSR count). The number of esters is 2. The molecule has 1 unspecified atom stereocenters. The average molecular weight is 383 g/mol. The van der Waals surface area contributed by atoms with Crippen molar-refractivity contribution in [3.05, 3.63) is 29.3 Å². The summed E-state index contributed by atoms with van der Waals surface area (Å²) in [5.74, 6) is -2.82. The van der Waals surface area contributed by atoms with Crippen LogP contribution in [0.15, 0.2) is 18.2 Å². The maximum absolute atomic E-state index is 13.2. The highest BCUT2D eigenvalue weighted by Gasteiger charge is 2.64. The Morgan fingerprint density at radius 1 is 1.11 bits per heavy atom. The Balaban J connectivity index is 1.86. The first-order chi connectivity index (χ1) is 12.5. The van der Waals surface area contributed by atoms with Crippen molar-refractivity contribution in [2.45, 2.75) is 57.5 Å². The molecule has 1 aromatic rings. The second kappa shape index (κ2) is 5.62. The van der Waals surface area contributed by atoms with E-state index in [1.807, 2.05) is 4.90 Å². The smallest absolute Gasteiger partial charge is 0.416 e. The molecule has 3 heterocycles. The van der Waals surface area contributed by atoms with Crippen LogP contribution in [0.4, 0.5) is 18.9 Å². The van der Waals surface area contributed by atoms with Crippen LogP contribution in [0.5, 0.6) is 0 Å². The number of nitrogens with zero attached hydrogens (tertiary/aromatic N) is 1. The van der Waals surface area contributed by atoms with Crippen LogP contribution in [-0.4, -0.2) is 30.3 Å². The summed E-state index contributed by atoms with van der Waals surface area (Å²) >= 11 is 0. The van der Waals surface area contributed by atoms with Gasteiger partial charge in [0.15, 0.2) is 5.41 Å². The number of halogens is 3. The summed E-state index contributed by atoms with van der Waals surface area (Å²) in [5.41, 5.74) is -1.47. The molecule has 0 N–H and O–H groups in total. The molecular weight excluding hydrogens is 363 g/mol. The summed E-state index contributed by atoms with van der Waals surface area (Å²) < 4.78 is 50.3. The summed E-state index contributed by atoms with van der Waals surface area (Å²) in [5, 5.41) is 0. The Morgan fingerprint density at radius 3 is 2.41 bits per heavy atom. The largest absolute Gasteiger partial charge is 0.422 e. The van der Waals surface area contributed by atoms with E-state index in [1.54, 1.807) is 0 Å². The molecule has 3 aliphatic rings. The number of alkyl halides is 3. The third-order valence-corrected chi connectivity index (χ3v) is 5.66. The Morgan fingerprint density at radius 2 is 1.78 bits per heavy atom. The molecule has 0 radical (unpaired) electrons. The van der Waals surface area contributed by atoms with Gasteiger partial charge in [-0.25, -0.2) is 0 Å². The maximum Gasteiger partial charge on any atom is 0.416 e. The minimum atomic E-state index is -4.50. The van der Waals surface area contributed by atoms with Crippen LogP contribution in [0.1, 0.15) is 44.2 Å². The van der Waals surface area contributed by atoms with E-state index in [-0.39, 0.29) is 6.42 Å². The van der Waals surface area contributed by atoms with Crippen molar-refractivity contribution in [2.75, 3.05) is 11.4 Å². The molecule has 1 aromatic carbocycles. The number of anilines is 1. The molecule has 0 aromatic heterocycles. The highest BCUT2D eigenvalue weighted by Crippen LogP contribution is 2.50. The second-order valence-corrected chi connectivity index (χ2v) is 7.87. The lowest BCUT2D eigenvalue weighted by Crippen LogP contribution is -2.66. The van der Waals surface area contributed by atoms with Gasteiger partial charge in [0, 0.05) is 32.5 Å². The minimum Gasteiger partial charge on any atom is -0.422 e. The number of rotatable bonds is 0. The lowest BCUT2D eigenvalue weighted by molar-refractivity contribution is -0.253. The van der Waals surface area contributed by atoms with Crippen LogP contribution in [0, 0.1) is 5.41 Å². The number of ether oxygens (including phenoxy) is 2. The first-order valence-corrected chi connectivity index (χ1v) is 8.98. The fourth-order valence-corrected chi connectivity index (χ4v) is 4.48. The van der Waals surface area contributed by atoms with Crippen LogP contribution in [0.3, 0.4) is 0 Å². The highest BCUT2D eigenvalue weighted by molar-refractivity contribution is 6.04. The fourth-order valence-electron chi connectivity index (χ4n) is 4.48. The molecule has 0 bridgehead atoms. The average Bonchev–Trinajstić information content (AvgIpc) is 2.57. The van der Waals surface area contributed by atoms with Gasteiger partial charge in [0.25, 0.3) is 5.79 Å². The normalized spacial score (nSPS) is 26.1. The van der Waals surface area contributed by atoms with E-state index >= 15 is 0 Å². The van der Waals surface area contributed by atoms with Crippen molar-refractivity contribution in [1.29, 1.82) is 0 Å². The topological polar surface area (TPSA) is 55.8 Å². The third kappa shape index (κ3) is 2.68. The lowest BCUT2D eigenvalue weighted by atomic mass is 9.67. The van der Waals surface area contributed by atoms with Crippen molar-refractivity contribution < 1.29 is 32.2 Å². The van der Waals surface area contributed by atoms with Gasteiger partial charge in [-0.05, 0) is 43.0 Å². The number of carbonyl (C=O) groups is 2. The number of benzene rings is 1. The summed E-state index contributed by atoms with van der Waals surface area (Å²) in [6, 6.07) is 3.03. The molecule has 8 heteroatoms. The van der Waals surface area contributed by atoms with E-state index in [0.29, 0.717) is 24.2 Å². The zero-order valence-corrected chi connectivity index (χ0v) is 15.1.